The molecule has 0 saturated heterocycles. The third kappa shape index (κ3) is 3.82. The average Bonchev–Trinajstić information content (AvgIpc) is 3.36. The van der Waals surface area contributed by atoms with Crippen LogP contribution in [0.2, 0.25) is 5.02 Å². The lowest BCUT2D eigenvalue weighted by Crippen LogP contribution is -2.23. The lowest BCUT2D eigenvalue weighted by Gasteiger charge is -2.00. The summed E-state index contributed by atoms with van der Waals surface area (Å²) < 4.78 is 6.54. The van der Waals surface area contributed by atoms with E-state index < -0.39 is 5.91 Å². The Morgan fingerprint density at radius 3 is 3.00 bits per heavy atom. The first kappa shape index (κ1) is 16.9. The second-order valence-electron chi connectivity index (χ2n) is 5.50. The Bertz CT molecular complexity index is 1080. The highest BCUT2D eigenvalue weighted by Crippen LogP contribution is 2.17. The molecular weight excluding hydrogens is 370 g/mol. The second kappa shape index (κ2) is 7.34. The van der Waals surface area contributed by atoms with Crippen LogP contribution in [0.5, 0.6) is 0 Å². The van der Waals surface area contributed by atoms with E-state index in [1.807, 2.05) is 12.1 Å². The molecule has 0 aliphatic rings. The summed E-state index contributed by atoms with van der Waals surface area (Å²) >= 11 is 5.98. The first-order chi connectivity index (χ1) is 13.2. The molecule has 0 spiro atoms. The molecule has 0 bridgehead atoms. The summed E-state index contributed by atoms with van der Waals surface area (Å²) in [5, 5.41) is 15.1. The van der Waals surface area contributed by atoms with E-state index in [-0.39, 0.29) is 11.7 Å². The van der Waals surface area contributed by atoms with E-state index in [4.69, 9.17) is 16.1 Å². The van der Waals surface area contributed by atoms with E-state index in [1.54, 1.807) is 42.9 Å². The third-order valence-corrected chi connectivity index (χ3v) is 3.83. The predicted octanol–water partition coefficient (Wildman–Crippen LogP) is 2.30. The van der Waals surface area contributed by atoms with Crippen LogP contribution in [-0.2, 0) is 6.54 Å². The van der Waals surface area contributed by atoms with Gasteiger partial charge in [-0.05, 0) is 29.8 Å². The number of pyridine rings is 1. The number of rotatable bonds is 5. The first-order valence-corrected chi connectivity index (χ1v) is 8.26. The van der Waals surface area contributed by atoms with Crippen molar-refractivity contribution in [1.29, 1.82) is 0 Å². The summed E-state index contributed by atoms with van der Waals surface area (Å²) in [6, 6.07) is 10.8. The minimum absolute atomic E-state index is 0.161. The fraction of sp³-hybridized carbons (Fsp3) is 0.0588. The molecule has 0 radical (unpaired) electrons. The van der Waals surface area contributed by atoms with Gasteiger partial charge in [-0.25, -0.2) is 4.68 Å². The van der Waals surface area contributed by atoms with Gasteiger partial charge < -0.3 is 9.84 Å². The lowest BCUT2D eigenvalue weighted by atomic mass is 10.3. The van der Waals surface area contributed by atoms with Crippen LogP contribution in [0.1, 0.15) is 16.2 Å². The van der Waals surface area contributed by atoms with Crippen LogP contribution in [-0.4, -0.2) is 36.0 Å². The summed E-state index contributed by atoms with van der Waals surface area (Å²) in [6.45, 7) is 0.301. The molecule has 27 heavy (non-hydrogen) atoms. The molecule has 3 aromatic heterocycles. The quantitative estimate of drug-likeness (QED) is 0.564. The van der Waals surface area contributed by atoms with Crippen LogP contribution in [0.15, 0.2) is 59.5 Å². The fourth-order valence-electron chi connectivity index (χ4n) is 2.29. The molecule has 0 saturated carbocycles. The molecule has 0 aliphatic carbocycles. The minimum Gasteiger partial charge on any atom is -0.344 e. The van der Waals surface area contributed by atoms with Crippen molar-refractivity contribution < 1.29 is 9.32 Å². The van der Waals surface area contributed by atoms with Gasteiger partial charge in [0.15, 0.2) is 5.69 Å². The van der Waals surface area contributed by atoms with Gasteiger partial charge >= 0.3 is 11.8 Å². The van der Waals surface area contributed by atoms with Gasteiger partial charge in [-0.1, -0.05) is 34.1 Å². The number of hydrogen-bond acceptors (Lipinski definition) is 7. The highest BCUT2D eigenvalue weighted by Gasteiger charge is 2.18. The maximum atomic E-state index is 12.1. The van der Waals surface area contributed by atoms with Gasteiger partial charge in [0, 0.05) is 24.0 Å². The Labute approximate surface area is 158 Å². The summed E-state index contributed by atoms with van der Waals surface area (Å²) in [6.07, 6.45) is 4.94. The minimum atomic E-state index is -0.486. The SMILES string of the molecule is O=C(NCc1cccnc1)c1nc(-c2cn(-c3cccc(Cl)c3)nn2)no1. The number of amides is 1. The Balaban J connectivity index is 1.47. The number of benzene rings is 1. The number of halogens is 1. The van der Waals surface area contributed by atoms with Gasteiger partial charge in [0.1, 0.15) is 0 Å². The maximum absolute atomic E-state index is 12.1. The average molecular weight is 382 g/mol. The van der Waals surface area contributed by atoms with E-state index in [0.29, 0.717) is 17.3 Å². The first-order valence-electron chi connectivity index (χ1n) is 7.88. The fourth-order valence-corrected chi connectivity index (χ4v) is 2.48. The molecule has 1 amide bonds. The number of aromatic nitrogens is 6. The summed E-state index contributed by atoms with van der Waals surface area (Å²) in [7, 11) is 0. The molecule has 0 aliphatic heterocycles. The number of nitrogens with one attached hydrogen (secondary N) is 1. The van der Waals surface area contributed by atoms with Gasteiger partial charge in [-0.15, -0.1) is 5.10 Å². The Hall–Kier alpha value is -3.59. The van der Waals surface area contributed by atoms with Crippen molar-refractivity contribution in [2.24, 2.45) is 0 Å². The summed E-state index contributed by atoms with van der Waals surface area (Å²) in [5.41, 5.74) is 1.96. The summed E-state index contributed by atoms with van der Waals surface area (Å²) in [5.74, 6) is -0.485. The lowest BCUT2D eigenvalue weighted by molar-refractivity contribution is 0.0907. The molecule has 4 aromatic rings. The van der Waals surface area contributed by atoms with Gasteiger partial charge in [0.2, 0.25) is 5.82 Å². The Kier molecular flexibility index (Phi) is 4.58. The van der Waals surface area contributed by atoms with Crippen LogP contribution in [0, 0.1) is 0 Å². The second-order valence-corrected chi connectivity index (χ2v) is 5.93. The number of nitrogens with zero attached hydrogens (tertiary/aromatic N) is 6. The zero-order valence-corrected chi connectivity index (χ0v) is 14.5. The van der Waals surface area contributed by atoms with Crippen molar-refractivity contribution in [2.75, 3.05) is 0 Å². The van der Waals surface area contributed by atoms with E-state index in [1.165, 1.54) is 4.68 Å². The predicted molar refractivity (Wildman–Crippen MR) is 95.1 cm³/mol. The normalized spacial score (nSPS) is 10.7. The van der Waals surface area contributed by atoms with Gasteiger partial charge in [-0.3, -0.25) is 9.78 Å². The van der Waals surface area contributed by atoms with Crippen molar-refractivity contribution >= 4 is 17.5 Å². The molecular formula is C17H12ClN7O2. The van der Waals surface area contributed by atoms with E-state index in [2.05, 4.69) is 30.8 Å². The van der Waals surface area contributed by atoms with Crippen molar-refractivity contribution in [2.45, 2.75) is 6.54 Å². The van der Waals surface area contributed by atoms with E-state index in [9.17, 15) is 4.79 Å². The Morgan fingerprint density at radius 1 is 1.26 bits per heavy atom. The monoisotopic (exact) mass is 381 g/mol. The zero-order chi connectivity index (χ0) is 18.6. The van der Waals surface area contributed by atoms with Gasteiger partial charge in [0.25, 0.3) is 0 Å². The molecule has 9 nitrogen and oxygen atoms in total. The maximum Gasteiger partial charge on any atom is 0.316 e. The molecule has 3 heterocycles. The molecule has 0 atom stereocenters. The molecule has 0 fully saturated rings. The number of hydrogen-bond donors (Lipinski definition) is 1. The molecule has 1 aromatic carbocycles. The van der Waals surface area contributed by atoms with Crippen LogP contribution in [0.3, 0.4) is 0 Å². The van der Waals surface area contributed by atoms with Crippen LogP contribution in [0.25, 0.3) is 17.2 Å². The Morgan fingerprint density at radius 2 is 2.19 bits per heavy atom. The number of carbonyl (C=O) groups excluding carboxylic acids is 1. The van der Waals surface area contributed by atoms with Crippen LogP contribution >= 0.6 is 11.6 Å². The van der Waals surface area contributed by atoms with Crippen molar-refractivity contribution in [1.82, 2.24) is 35.4 Å². The highest BCUT2D eigenvalue weighted by atomic mass is 35.5. The molecule has 1 N–H and O–H groups in total. The largest absolute Gasteiger partial charge is 0.344 e. The van der Waals surface area contributed by atoms with Gasteiger partial charge in [0.05, 0.1) is 11.9 Å². The van der Waals surface area contributed by atoms with Gasteiger partial charge in [-0.2, -0.15) is 4.98 Å². The van der Waals surface area contributed by atoms with Crippen molar-refractivity contribution in [3.8, 4) is 17.2 Å². The standard InChI is InChI=1S/C17H12ClN7O2/c18-12-4-1-5-13(7-12)25-10-14(22-24-25)15-21-17(27-23-15)16(26)20-9-11-3-2-6-19-8-11/h1-8,10H,9H2,(H,20,26). The highest BCUT2D eigenvalue weighted by molar-refractivity contribution is 6.30. The van der Waals surface area contributed by atoms with Crippen LogP contribution < -0.4 is 5.32 Å². The molecule has 4 rings (SSSR count). The number of carbonyl (C=O) groups is 1. The third-order valence-electron chi connectivity index (χ3n) is 3.59. The van der Waals surface area contributed by atoms with E-state index >= 15 is 0 Å². The molecule has 0 unspecified atom stereocenters. The van der Waals surface area contributed by atoms with Crippen LogP contribution in [0.4, 0.5) is 0 Å². The topological polar surface area (TPSA) is 112 Å². The van der Waals surface area contributed by atoms with E-state index in [0.717, 1.165) is 11.3 Å². The molecule has 134 valence electrons. The molecule has 10 heteroatoms. The van der Waals surface area contributed by atoms with Crippen molar-refractivity contribution in [3.63, 3.8) is 0 Å². The summed E-state index contributed by atoms with van der Waals surface area (Å²) in [4.78, 5) is 20.2. The smallest absolute Gasteiger partial charge is 0.316 e. The zero-order valence-electron chi connectivity index (χ0n) is 13.8. The van der Waals surface area contributed by atoms with Crippen molar-refractivity contribution in [3.05, 3.63) is 71.5 Å².